The first-order valence-electron chi connectivity index (χ1n) is 7.77. The Labute approximate surface area is 134 Å². The van der Waals surface area contributed by atoms with E-state index >= 15 is 0 Å². The van der Waals surface area contributed by atoms with E-state index in [-0.39, 0.29) is 0 Å². The lowest BCUT2D eigenvalue weighted by Gasteiger charge is -2.14. The monoisotopic (exact) mass is 309 g/mol. The molecule has 0 amide bonds. The first kappa shape index (κ1) is 13.9. The lowest BCUT2D eigenvalue weighted by molar-refractivity contribution is 0.415. The van der Waals surface area contributed by atoms with E-state index in [1.807, 2.05) is 36.7 Å². The first-order valence-corrected chi connectivity index (χ1v) is 7.77. The fourth-order valence-corrected chi connectivity index (χ4v) is 3.07. The van der Waals surface area contributed by atoms with Gasteiger partial charge in [0.1, 0.15) is 5.75 Å². The second-order valence-electron chi connectivity index (χ2n) is 5.76. The van der Waals surface area contributed by atoms with Crippen LogP contribution in [0.3, 0.4) is 0 Å². The Morgan fingerprint density at radius 3 is 2.83 bits per heavy atom. The third-order valence-corrected chi connectivity index (χ3v) is 4.38. The molecule has 0 saturated carbocycles. The minimum atomic E-state index is 0.468. The molecule has 0 spiro atoms. The van der Waals surface area contributed by atoms with Crippen molar-refractivity contribution in [1.82, 2.24) is 19.9 Å². The zero-order valence-corrected chi connectivity index (χ0v) is 13.0. The maximum atomic E-state index is 5.19. The summed E-state index contributed by atoms with van der Waals surface area (Å²) >= 11 is 0. The Balaban J connectivity index is 1.49. The van der Waals surface area contributed by atoms with Crippen molar-refractivity contribution in [3.05, 3.63) is 48.7 Å². The predicted molar refractivity (Wildman–Crippen MR) is 88.7 cm³/mol. The quantitative estimate of drug-likeness (QED) is 0.777. The molecule has 1 saturated heterocycles. The van der Waals surface area contributed by atoms with Crippen LogP contribution in [0, 0.1) is 0 Å². The van der Waals surface area contributed by atoms with Gasteiger partial charge in [-0.25, -0.2) is 9.97 Å². The molecule has 3 aromatic rings. The van der Waals surface area contributed by atoms with Crippen LogP contribution in [0.25, 0.3) is 11.3 Å². The van der Waals surface area contributed by atoms with Gasteiger partial charge in [-0.15, -0.1) is 0 Å². The largest absolute Gasteiger partial charge is 0.497 e. The number of nitrogens with one attached hydrogen (secondary N) is 2. The summed E-state index contributed by atoms with van der Waals surface area (Å²) in [6, 6.07) is 7.95. The topological polar surface area (TPSA) is 69.8 Å². The molecule has 0 aliphatic carbocycles. The number of anilines is 1. The fraction of sp³-hybridized carbons (Fsp3) is 0.294. The number of hydrogen-bond donors (Lipinski definition) is 2. The first-order chi connectivity index (χ1) is 11.3. The van der Waals surface area contributed by atoms with Crippen LogP contribution in [0.4, 0.5) is 5.95 Å². The number of methoxy groups -OCH3 is 1. The summed E-state index contributed by atoms with van der Waals surface area (Å²) in [5.41, 5.74) is 3.16. The Kier molecular flexibility index (Phi) is 3.49. The third kappa shape index (κ3) is 2.67. The highest BCUT2D eigenvalue weighted by molar-refractivity contribution is 5.61. The molecular formula is C17H19N5O. The summed E-state index contributed by atoms with van der Waals surface area (Å²) < 4.78 is 5.19. The van der Waals surface area contributed by atoms with Crippen LogP contribution in [-0.2, 0) is 0 Å². The van der Waals surface area contributed by atoms with E-state index in [0.717, 1.165) is 48.2 Å². The number of ether oxygens (including phenoxy) is 1. The standard InChI is InChI=1S/C17H19N5O/c1-23-14-4-2-12(3-5-14)16-9-19-17(21-16)22-7-6-13(10-22)15-8-18-11-20-15/h2-5,8-9,11,13H,6-7,10H2,1H3,(H,18,20)(H,19,21). The summed E-state index contributed by atoms with van der Waals surface area (Å²) in [4.78, 5) is 17.7. The molecule has 1 aromatic carbocycles. The zero-order chi connectivity index (χ0) is 15.6. The highest BCUT2D eigenvalue weighted by Gasteiger charge is 2.26. The predicted octanol–water partition coefficient (Wildman–Crippen LogP) is 2.80. The Hall–Kier alpha value is -2.76. The van der Waals surface area contributed by atoms with Gasteiger partial charge in [-0.05, 0) is 30.7 Å². The van der Waals surface area contributed by atoms with Gasteiger partial charge < -0.3 is 19.6 Å². The Morgan fingerprint density at radius 1 is 1.22 bits per heavy atom. The molecule has 1 unspecified atom stereocenters. The van der Waals surface area contributed by atoms with E-state index < -0.39 is 0 Å². The van der Waals surface area contributed by atoms with E-state index in [9.17, 15) is 0 Å². The number of aromatic nitrogens is 4. The van der Waals surface area contributed by atoms with Crippen molar-refractivity contribution in [2.75, 3.05) is 25.1 Å². The normalized spacial score (nSPS) is 17.6. The van der Waals surface area contributed by atoms with Crippen molar-refractivity contribution >= 4 is 5.95 Å². The summed E-state index contributed by atoms with van der Waals surface area (Å²) in [5, 5.41) is 0. The maximum absolute atomic E-state index is 5.19. The van der Waals surface area contributed by atoms with Crippen molar-refractivity contribution in [3.63, 3.8) is 0 Å². The molecular weight excluding hydrogens is 290 g/mol. The van der Waals surface area contributed by atoms with Crippen LogP contribution in [0.1, 0.15) is 18.0 Å². The molecule has 1 aliphatic rings. The number of rotatable bonds is 4. The smallest absolute Gasteiger partial charge is 0.203 e. The second-order valence-corrected chi connectivity index (χ2v) is 5.76. The number of H-pyrrole nitrogens is 2. The van der Waals surface area contributed by atoms with Gasteiger partial charge in [0.25, 0.3) is 0 Å². The van der Waals surface area contributed by atoms with Crippen molar-refractivity contribution < 1.29 is 4.74 Å². The minimum Gasteiger partial charge on any atom is -0.497 e. The van der Waals surface area contributed by atoms with Crippen molar-refractivity contribution in [1.29, 1.82) is 0 Å². The number of imidazole rings is 2. The molecule has 1 aliphatic heterocycles. The van der Waals surface area contributed by atoms with Gasteiger partial charge in [0.2, 0.25) is 5.95 Å². The number of nitrogens with zero attached hydrogens (tertiary/aromatic N) is 3. The van der Waals surface area contributed by atoms with Crippen LogP contribution in [0.2, 0.25) is 0 Å². The second kappa shape index (κ2) is 5.79. The van der Waals surface area contributed by atoms with Gasteiger partial charge in [-0.1, -0.05) is 0 Å². The molecule has 1 atom stereocenters. The molecule has 6 heteroatoms. The number of hydrogen-bond acceptors (Lipinski definition) is 4. The average Bonchev–Trinajstić information content (AvgIpc) is 3.34. The van der Waals surface area contributed by atoms with E-state index in [0.29, 0.717) is 5.92 Å². The van der Waals surface area contributed by atoms with Crippen LogP contribution in [0.5, 0.6) is 5.75 Å². The van der Waals surface area contributed by atoms with Crippen molar-refractivity contribution in [2.24, 2.45) is 0 Å². The molecule has 0 radical (unpaired) electrons. The summed E-state index contributed by atoms with van der Waals surface area (Å²) in [7, 11) is 1.67. The highest BCUT2D eigenvalue weighted by Crippen LogP contribution is 2.29. The number of benzene rings is 1. The molecule has 3 heterocycles. The summed E-state index contributed by atoms with van der Waals surface area (Å²) in [5.74, 6) is 2.25. The van der Waals surface area contributed by atoms with E-state index in [1.54, 1.807) is 13.4 Å². The zero-order valence-electron chi connectivity index (χ0n) is 13.0. The van der Waals surface area contributed by atoms with E-state index in [2.05, 4.69) is 19.9 Å². The summed E-state index contributed by atoms with van der Waals surface area (Å²) in [6.07, 6.45) is 6.79. The van der Waals surface area contributed by atoms with Crippen LogP contribution in [-0.4, -0.2) is 40.1 Å². The van der Waals surface area contributed by atoms with Crippen LogP contribution < -0.4 is 9.64 Å². The molecule has 2 aromatic heterocycles. The lowest BCUT2D eigenvalue weighted by Crippen LogP contribution is -2.20. The molecule has 0 bridgehead atoms. The molecule has 4 rings (SSSR count). The third-order valence-electron chi connectivity index (χ3n) is 4.38. The molecule has 6 nitrogen and oxygen atoms in total. The minimum absolute atomic E-state index is 0.468. The van der Waals surface area contributed by atoms with E-state index in [4.69, 9.17) is 9.72 Å². The van der Waals surface area contributed by atoms with Gasteiger partial charge in [-0.3, -0.25) is 0 Å². The number of aromatic amines is 2. The Bertz CT molecular complexity index is 763. The molecule has 118 valence electrons. The van der Waals surface area contributed by atoms with Gasteiger partial charge in [0, 0.05) is 37.0 Å². The van der Waals surface area contributed by atoms with Gasteiger partial charge >= 0.3 is 0 Å². The average molecular weight is 309 g/mol. The highest BCUT2D eigenvalue weighted by atomic mass is 16.5. The Morgan fingerprint density at radius 2 is 2.09 bits per heavy atom. The summed E-state index contributed by atoms with van der Waals surface area (Å²) in [6.45, 7) is 1.94. The van der Waals surface area contributed by atoms with Gasteiger partial charge in [-0.2, -0.15) is 0 Å². The van der Waals surface area contributed by atoms with Gasteiger partial charge in [0.05, 0.1) is 24.8 Å². The van der Waals surface area contributed by atoms with Crippen molar-refractivity contribution in [3.8, 4) is 17.0 Å². The van der Waals surface area contributed by atoms with Gasteiger partial charge in [0.15, 0.2) is 0 Å². The maximum Gasteiger partial charge on any atom is 0.203 e. The molecule has 23 heavy (non-hydrogen) atoms. The van der Waals surface area contributed by atoms with E-state index in [1.165, 1.54) is 0 Å². The van der Waals surface area contributed by atoms with Crippen LogP contribution >= 0.6 is 0 Å². The molecule has 1 fully saturated rings. The molecule has 2 N–H and O–H groups in total. The van der Waals surface area contributed by atoms with Crippen molar-refractivity contribution in [2.45, 2.75) is 12.3 Å². The SMILES string of the molecule is COc1ccc(-c2c[nH]c(N3CCC(c4c[nH]cn4)C3)n2)cc1. The fourth-order valence-electron chi connectivity index (χ4n) is 3.07. The van der Waals surface area contributed by atoms with Crippen LogP contribution in [0.15, 0.2) is 43.0 Å². The lowest BCUT2D eigenvalue weighted by atomic mass is 10.1.